The molecule has 1 N–H and O–H groups in total. The molecule has 0 aliphatic rings. The number of pyridine rings is 1. The number of aromatic nitrogens is 3. The minimum absolute atomic E-state index is 0.441. The molecular formula is C15H11N3O2. The molecule has 4 rings (SSSR count). The number of aromatic amines is 1. The van der Waals surface area contributed by atoms with E-state index in [1.807, 2.05) is 47.9 Å². The highest BCUT2D eigenvalue weighted by atomic mass is 16.4. The average molecular weight is 265 g/mol. The highest BCUT2D eigenvalue weighted by molar-refractivity contribution is 5.80. The summed E-state index contributed by atoms with van der Waals surface area (Å²) in [7, 11) is 0. The Labute approximate surface area is 113 Å². The number of aryl methyl sites for hydroxylation is 1. The number of hydrogen-bond donors (Lipinski definition) is 1. The number of hydrogen-bond acceptors (Lipinski definition) is 3. The molecule has 0 atom stereocenters. The van der Waals surface area contributed by atoms with Crippen LogP contribution in [-0.2, 0) is 0 Å². The first-order valence-electron chi connectivity index (χ1n) is 6.29. The van der Waals surface area contributed by atoms with E-state index >= 15 is 0 Å². The van der Waals surface area contributed by atoms with Gasteiger partial charge in [-0.1, -0.05) is 6.07 Å². The second kappa shape index (κ2) is 3.84. The van der Waals surface area contributed by atoms with Gasteiger partial charge in [-0.3, -0.25) is 4.98 Å². The van der Waals surface area contributed by atoms with E-state index in [0.717, 1.165) is 22.6 Å². The monoisotopic (exact) mass is 265 g/mol. The van der Waals surface area contributed by atoms with Crippen LogP contribution in [0.4, 0.5) is 0 Å². The number of oxazole rings is 1. The Morgan fingerprint density at radius 1 is 1.25 bits per heavy atom. The SMILES string of the molecule is Cc1c(-c2ccc3oc(=O)[nH]c3c2)nc2ccccn12. The van der Waals surface area contributed by atoms with Gasteiger partial charge in [0.25, 0.3) is 0 Å². The zero-order valence-corrected chi connectivity index (χ0v) is 10.8. The normalized spacial score (nSPS) is 11.4. The predicted molar refractivity (Wildman–Crippen MR) is 75.8 cm³/mol. The maximum absolute atomic E-state index is 11.2. The fourth-order valence-corrected chi connectivity index (χ4v) is 2.49. The molecule has 1 aromatic carbocycles. The van der Waals surface area contributed by atoms with Crippen LogP contribution in [0.25, 0.3) is 28.0 Å². The molecule has 98 valence electrons. The Hall–Kier alpha value is -2.82. The van der Waals surface area contributed by atoms with Crippen molar-refractivity contribution in [3.05, 3.63) is 58.8 Å². The van der Waals surface area contributed by atoms with Crippen molar-refractivity contribution in [3.8, 4) is 11.3 Å². The van der Waals surface area contributed by atoms with Gasteiger partial charge in [0.1, 0.15) is 5.65 Å². The number of nitrogens with zero attached hydrogens (tertiary/aromatic N) is 2. The van der Waals surface area contributed by atoms with Crippen LogP contribution in [0.3, 0.4) is 0 Å². The van der Waals surface area contributed by atoms with Crippen LogP contribution in [-0.4, -0.2) is 14.4 Å². The van der Waals surface area contributed by atoms with Gasteiger partial charge in [-0.15, -0.1) is 0 Å². The minimum Gasteiger partial charge on any atom is -0.408 e. The van der Waals surface area contributed by atoms with E-state index in [9.17, 15) is 4.79 Å². The molecule has 0 bridgehead atoms. The summed E-state index contributed by atoms with van der Waals surface area (Å²) >= 11 is 0. The second-order valence-electron chi connectivity index (χ2n) is 4.70. The Balaban J connectivity index is 2.00. The third-order valence-electron chi connectivity index (χ3n) is 3.46. The first-order chi connectivity index (χ1) is 9.72. The number of H-pyrrole nitrogens is 1. The fourth-order valence-electron chi connectivity index (χ4n) is 2.49. The number of benzene rings is 1. The van der Waals surface area contributed by atoms with E-state index in [2.05, 4.69) is 9.97 Å². The molecule has 0 saturated heterocycles. The second-order valence-corrected chi connectivity index (χ2v) is 4.70. The first-order valence-corrected chi connectivity index (χ1v) is 6.29. The third kappa shape index (κ3) is 1.50. The molecular weight excluding hydrogens is 254 g/mol. The maximum Gasteiger partial charge on any atom is 0.417 e. The maximum atomic E-state index is 11.2. The fraction of sp³-hybridized carbons (Fsp3) is 0.0667. The topological polar surface area (TPSA) is 63.3 Å². The van der Waals surface area contributed by atoms with Gasteiger partial charge in [0.15, 0.2) is 5.58 Å². The summed E-state index contributed by atoms with van der Waals surface area (Å²) in [5, 5.41) is 0. The van der Waals surface area contributed by atoms with Crippen LogP contribution in [0, 0.1) is 6.92 Å². The first kappa shape index (κ1) is 11.0. The van der Waals surface area contributed by atoms with E-state index in [-0.39, 0.29) is 0 Å². The molecule has 5 heteroatoms. The third-order valence-corrected chi connectivity index (χ3v) is 3.46. The Kier molecular flexibility index (Phi) is 2.12. The molecule has 0 radical (unpaired) electrons. The molecule has 5 nitrogen and oxygen atoms in total. The van der Waals surface area contributed by atoms with E-state index in [1.165, 1.54) is 0 Å². The summed E-state index contributed by atoms with van der Waals surface area (Å²) in [5.74, 6) is -0.441. The quantitative estimate of drug-likeness (QED) is 0.575. The average Bonchev–Trinajstić information content (AvgIpc) is 2.98. The molecule has 3 aromatic heterocycles. The van der Waals surface area contributed by atoms with Crippen LogP contribution >= 0.6 is 0 Å². The molecule has 0 saturated carbocycles. The summed E-state index contributed by atoms with van der Waals surface area (Å²) in [6, 6.07) is 11.5. The van der Waals surface area contributed by atoms with Crippen molar-refractivity contribution in [2.75, 3.05) is 0 Å². The minimum atomic E-state index is -0.441. The molecule has 4 aromatic rings. The smallest absolute Gasteiger partial charge is 0.408 e. The van der Waals surface area contributed by atoms with Gasteiger partial charge in [0.2, 0.25) is 0 Å². The Morgan fingerprint density at radius 3 is 3.00 bits per heavy atom. The lowest BCUT2D eigenvalue weighted by Crippen LogP contribution is -1.93. The van der Waals surface area contributed by atoms with E-state index in [4.69, 9.17) is 4.42 Å². The van der Waals surface area contributed by atoms with Gasteiger partial charge in [-0.05, 0) is 37.3 Å². The summed E-state index contributed by atoms with van der Waals surface area (Å²) in [6.07, 6.45) is 1.99. The van der Waals surface area contributed by atoms with Gasteiger partial charge in [-0.2, -0.15) is 0 Å². The van der Waals surface area contributed by atoms with Gasteiger partial charge >= 0.3 is 5.76 Å². The van der Waals surface area contributed by atoms with Crippen molar-refractivity contribution in [1.29, 1.82) is 0 Å². The number of nitrogens with one attached hydrogen (secondary N) is 1. The van der Waals surface area contributed by atoms with Crippen LogP contribution in [0.2, 0.25) is 0 Å². The molecule has 0 amide bonds. The lowest BCUT2D eigenvalue weighted by atomic mass is 10.1. The lowest BCUT2D eigenvalue weighted by Gasteiger charge is -1.99. The van der Waals surface area contributed by atoms with Crippen LogP contribution in [0.15, 0.2) is 51.8 Å². The van der Waals surface area contributed by atoms with Gasteiger partial charge < -0.3 is 8.82 Å². The molecule has 0 unspecified atom stereocenters. The highest BCUT2D eigenvalue weighted by Gasteiger charge is 2.11. The van der Waals surface area contributed by atoms with Gasteiger partial charge in [-0.25, -0.2) is 9.78 Å². The van der Waals surface area contributed by atoms with Crippen molar-refractivity contribution in [1.82, 2.24) is 14.4 Å². The van der Waals surface area contributed by atoms with E-state index in [1.54, 1.807) is 6.07 Å². The van der Waals surface area contributed by atoms with Crippen molar-refractivity contribution in [2.45, 2.75) is 6.92 Å². The zero-order valence-electron chi connectivity index (χ0n) is 10.8. The van der Waals surface area contributed by atoms with E-state index < -0.39 is 5.76 Å². The molecule has 0 fully saturated rings. The van der Waals surface area contributed by atoms with Crippen LogP contribution < -0.4 is 5.76 Å². The lowest BCUT2D eigenvalue weighted by molar-refractivity contribution is 0.555. The largest absolute Gasteiger partial charge is 0.417 e. The highest BCUT2D eigenvalue weighted by Crippen LogP contribution is 2.26. The van der Waals surface area contributed by atoms with Crippen LogP contribution in [0.1, 0.15) is 5.69 Å². The standard InChI is InChI=1S/C15H11N3O2/c1-9-14(17-13-4-2-3-7-18(9)13)10-5-6-12-11(8-10)16-15(19)20-12/h2-8H,1H3,(H,16,19). The Morgan fingerprint density at radius 2 is 2.15 bits per heavy atom. The zero-order chi connectivity index (χ0) is 13.7. The van der Waals surface area contributed by atoms with Gasteiger partial charge in [0.05, 0.1) is 11.2 Å². The number of rotatable bonds is 1. The van der Waals surface area contributed by atoms with Crippen molar-refractivity contribution < 1.29 is 4.42 Å². The number of fused-ring (bicyclic) bond motifs is 2. The molecule has 0 spiro atoms. The predicted octanol–water partition coefficient (Wildman–Crippen LogP) is 2.74. The summed E-state index contributed by atoms with van der Waals surface area (Å²) < 4.78 is 7.05. The van der Waals surface area contributed by atoms with E-state index in [0.29, 0.717) is 11.1 Å². The molecule has 0 aliphatic carbocycles. The molecule has 0 aliphatic heterocycles. The summed E-state index contributed by atoms with van der Waals surface area (Å²) in [5.41, 5.74) is 5.06. The van der Waals surface area contributed by atoms with Crippen molar-refractivity contribution in [3.63, 3.8) is 0 Å². The van der Waals surface area contributed by atoms with Gasteiger partial charge in [0, 0.05) is 17.5 Å². The van der Waals surface area contributed by atoms with Crippen LogP contribution in [0.5, 0.6) is 0 Å². The number of imidazole rings is 1. The van der Waals surface area contributed by atoms with Crippen molar-refractivity contribution >= 4 is 16.7 Å². The summed E-state index contributed by atoms with van der Waals surface area (Å²) in [4.78, 5) is 18.5. The van der Waals surface area contributed by atoms with Crippen molar-refractivity contribution in [2.24, 2.45) is 0 Å². The molecule has 20 heavy (non-hydrogen) atoms. The molecule has 3 heterocycles. The summed E-state index contributed by atoms with van der Waals surface area (Å²) in [6.45, 7) is 2.03. The Bertz CT molecular complexity index is 991.